The zero-order chi connectivity index (χ0) is 11.6. The second-order valence-corrected chi connectivity index (χ2v) is 5.55. The van der Waals surface area contributed by atoms with Gasteiger partial charge in [-0.1, -0.05) is 20.8 Å². The van der Waals surface area contributed by atoms with E-state index in [1.54, 1.807) is 0 Å². The highest BCUT2D eigenvalue weighted by Crippen LogP contribution is 2.37. The summed E-state index contributed by atoms with van der Waals surface area (Å²) in [6.45, 7) is 3.74. The Bertz CT molecular complexity index is 208. The third-order valence-corrected chi connectivity index (χ3v) is 3.17. The highest BCUT2D eigenvalue weighted by atomic mass is 35.5. The van der Waals surface area contributed by atoms with Crippen LogP contribution in [0.4, 0.5) is 8.78 Å². The zero-order valence-corrected chi connectivity index (χ0v) is 10.0. The molecule has 1 heterocycles. The van der Waals surface area contributed by atoms with Crippen molar-refractivity contribution in [2.45, 2.75) is 45.4 Å². The van der Waals surface area contributed by atoms with Crippen molar-refractivity contribution < 1.29 is 13.5 Å². The first kappa shape index (κ1) is 13.1. The van der Waals surface area contributed by atoms with Gasteiger partial charge in [0, 0.05) is 6.54 Å². The van der Waals surface area contributed by atoms with Gasteiger partial charge in [0.05, 0.1) is 11.6 Å². The zero-order valence-electron chi connectivity index (χ0n) is 9.27. The Hall–Kier alpha value is 0.0700. The fraction of sp³-hybridized carbons (Fsp3) is 1.00. The van der Waals surface area contributed by atoms with Crippen LogP contribution in [-0.2, 0) is 4.74 Å². The molecular formula is C10H18ClF2NO. The standard InChI is InChI=1S/C10H18ClF2NO/c1-10(2,3)6-4-8(11)14-5-7(6)15-9(12)13/h6-9,14H,4-5H2,1-3H3. The molecule has 1 fully saturated rings. The molecule has 1 rings (SSSR count). The lowest BCUT2D eigenvalue weighted by atomic mass is 9.74. The summed E-state index contributed by atoms with van der Waals surface area (Å²) in [5.41, 5.74) is -0.221. The van der Waals surface area contributed by atoms with E-state index < -0.39 is 12.7 Å². The maximum Gasteiger partial charge on any atom is 0.345 e. The fourth-order valence-corrected chi connectivity index (χ4v) is 2.31. The van der Waals surface area contributed by atoms with Crippen molar-refractivity contribution >= 4 is 11.6 Å². The van der Waals surface area contributed by atoms with Crippen LogP contribution in [0.1, 0.15) is 27.2 Å². The molecular weight excluding hydrogens is 224 g/mol. The van der Waals surface area contributed by atoms with Crippen LogP contribution in [0.15, 0.2) is 0 Å². The largest absolute Gasteiger partial charge is 0.345 e. The topological polar surface area (TPSA) is 21.3 Å². The fourth-order valence-electron chi connectivity index (χ4n) is 2.03. The number of rotatable bonds is 2. The summed E-state index contributed by atoms with van der Waals surface area (Å²) in [6, 6.07) is 0. The third kappa shape index (κ3) is 3.85. The molecule has 0 aliphatic carbocycles. The quantitative estimate of drug-likeness (QED) is 0.593. The Labute approximate surface area is 94.3 Å². The SMILES string of the molecule is CC(C)(C)C1CC(Cl)NCC1OC(F)F. The predicted octanol–water partition coefficient (Wildman–Crippen LogP) is 2.81. The number of ether oxygens (including phenoxy) is 1. The lowest BCUT2D eigenvalue weighted by molar-refractivity contribution is -0.190. The molecule has 0 amide bonds. The van der Waals surface area contributed by atoms with Gasteiger partial charge in [-0.25, -0.2) is 0 Å². The van der Waals surface area contributed by atoms with Gasteiger partial charge in [0.1, 0.15) is 0 Å². The second-order valence-electron chi connectivity index (χ2n) is 5.02. The molecule has 15 heavy (non-hydrogen) atoms. The molecule has 0 radical (unpaired) electrons. The van der Waals surface area contributed by atoms with Crippen LogP contribution in [0, 0.1) is 11.3 Å². The maximum atomic E-state index is 12.2. The van der Waals surface area contributed by atoms with Gasteiger partial charge < -0.3 is 4.74 Å². The van der Waals surface area contributed by atoms with Crippen LogP contribution < -0.4 is 5.32 Å². The molecule has 2 nitrogen and oxygen atoms in total. The smallest absolute Gasteiger partial charge is 0.318 e. The predicted molar refractivity (Wildman–Crippen MR) is 56.1 cm³/mol. The van der Waals surface area contributed by atoms with Crippen molar-refractivity contribution in [3.8, 4) is 0 Å². The first-order chi connectivity index (χ1) is 6.80. The lowest BCUT2D eigenvalue weighted by Gasteiger charge is -2.41. The molecule has 90 valence electrons. The lowest BCUT2D eigenvalue weighted by Crippen LogP contribution is -2.50. The highest BCUT2D eigenvalue weighted by molar-refractivity contribution is 6.20. The molecule has 3 atom stereocenters. The third-order valence-electron chi connectivity index (χ3n) is 2.84. The van der Waals surface area contributed by atoms with E-state index in [-0.39, 0.29) is 16.8 Å². The van der Waals surface area contributed by atoms with Gasteiger partial charge in [0.15, 0.2) is 0 Å². The Balaban J connectivity index is 2.66. The Morgan fingerprint density at radius 2 is 2.00 bits per heavy atom. The highest BCUT2D eigenvalue weighted by Gasteiger charge is 2.38. The summed E-state index contributed by atoms with van der Waals surface area (Å²) in [6.07, 6.45) is 0.197. The summed E-state index contributed by atoms with van der Waals surface area (Å²) in [7, 11) is 0. The molecule has 0 aromatic heterocycles. The molecule has 3 unspecified atom stereocenters. The van der Waals surface area contributed by atoms with Gasteiger partial charge in [0.2, 0.25) is 0 Å². The maximum absolute atomic E-state index is 12.2. The minimum atomic E-state index is -2.71. The van der Waals surface area contributed by atoms with E-state index in [1.165, 1.54) is 0 Å². The van der Waals surface area contributed by atoms with Crippen molar-refractivity contribution in [3.63, 3.8) is 0 Å². The normalized spacial score (nSPS) is 33.4. The number of hydrogen-bond acceptors (Lipinski definition) is 2. The second kappa shape index (κ2) is 4.93. The molecule has 0 saturated carbocycles. The molecule has 1 aliphatic heterocycles. The van der Waals surface area contributed by atoms with Crippen molar-refractivity contribution in [1.82, 2.24) is 5.32 Å². The number of piperidine rings is 1. The average molecular weight is 242 g/mol. The number of nitrogens with one attached hydrogen (secondary N) is 1. The molecule has 1 aliphatic rings. The first-order valence-corrected chi connectivity index (χ1v) is 5.55. The minimum Gasteiger partial charge on any atom is -0.318 e. The first-order valence-electron chi connectivity index (χ1n) is 5.12. The van der Waals surface area contributed by atoms with Gasteiger partial charge in [-0.15, -0.1) is 11.6 Å². The summed E-state index contributed by atoms with van der Waals surface area (Å²) in [5.74, 6) is 0.0512. The molecule has 0 spiro atoms. The van der Waals surface area contributed by atoms with Gasteiger partial charge in [-0.05, 0) is 17.8 Å². The van der Waals surface area contributed by atoms with Crippen LogP contribution >= 0.6 is 11.6 Å². The Morgan fingerprint density at radius 3 is 2.47 bits per heavy atom. The Morgan fingerprint density at radius 1 is 1.40 bits per heavy atom. The van der Waals surface area contributed by atoms with Gasteiger partial charge in [-0.2, -0.15) is 8.78 Å². The molecule has 0 bridgehead atoms. The van der Waals surface area contributed by atoms with E-state index in [0.29, 0.717) is 13.0 Å². The Kier molecular flexibility index (Phi) is 4.32. The van der Waals surface area contributed by atoms with Crippen LogP contribution in [0.3, 0.4) is 0 Å². The van der Waals surface area contributed by atoms with Crippen LogP contribution in [0.2, 0.25) is 0 Å². The van der Waals surface area contributed by atoms with Gasteiger partial charge in [-0.3, -0.25) is 5.32 Å². The molecule has 0 aromatic carbocycles. The van der Waals surface area contributed by atoms with Crippen LogP contribution in [0.5, 0.6) is 0 Å². The van der Waals surface area contributed by atoms with Crippen molar-refractivity contribution in [3.05, 3.63) is 0 Å². The summed E-state index contributed by atoms with van der Waals surface area (Å²) >= 11 is 5.97. The minimum absolute atomic E-state index is 0.0512. The van der Waals surface area contributed by atoms with Crippen molar-refractivity contribution in [2.75, 3.05) is 6.54 Å². The average Bonchev–Trinajstić information content (AvgIpc) is 2.05. The number of hydrogen-bond donors (Lipinski definition) is 1. The monoisotopic (exact) mass is 241 g/mol. The number of alkyl halides is 3. The van der Waals surface area contributed by atoms with E-state index in [1.807, 2.05) is 20.8 Å². The summed E-state index contributed by atoms with van der Waals surface area (Å²) in [4.78, 5) is 0. The van der Waals surface area contributed by atoms with E-state index in [4.69, 9.17) is 11.6 Å². The van der Waals surface area contributed by atoms with E-state index in [2.05, 4.69) is 10.1 Å². The van der Waals surface area contributed by atoms with Gasteiger partial charge >= 0.3 is 6.61 Å². The van der Waals surface area contributed by atoms with E-state index in [9.17, 15) is 8.78 Å². The summed E-state index contributed by atoms with van der Waals surface area (Å²) < 4.78 is 29.0. The molecule has 5 heteroatoms. The van der Waals surface area contributed by atoms with E-state index >= 15 is 0 Å². The van der Waals surface area contributed by atoms with Crippen LogP contribution in [0.25, 0.3) is 0 Å². The molecule has 1 saturated heterocycles. The van der Waals surface area contributed by atoms with Gasteiger partial charge in [0.25, 0.3) is 0 Å². The summed E-state index contributed by atoms with van der Waals surface area (Å²) in [5, 5.41) is 2.95. The van der Waals surface area contributed by atoms with E-state index in [0.717, 1.165) is 0 Å². The molecule has 0 aromatic rings. The van der Waals surface area contributed by atoms with Crippen molar-refractivity contribution in [1.29, 1.82) is 0 Å². The number of halogens is 3. The van der Waals surface area contributed by atoms with Crippen molar-refractivity contribution in [2.24, 2.45) is 11.3 Å². The molecule has 1 N–H and O–H groups in total. The van der Waals surface area contributed by atoms with Crippen LogP contribution in [-0.4, -0.2) is 24.8 Å².